The largest absolute Gasteiger partial charge is 0.493 e. The van der Waals surface area contributed by atoms with Crippen LogP contribution in [-0.4, -0.2) is 45.4 Å². The van der Waals surface area contributed by atoms with Gasteiger partial charge in [-0.1, -0.05) is 6.07 Å². The minimum absolute atomic E-state index is 0. The fraction of sp³-hybridized carbons (Fsp3) is 0.429. The monoisotopic (exact) mass is 373 g/mol. The van der Waals surface area contributed by atoms with Crippen LogP contribution >= 0.6 is 0 Å². The van der Waals surface area contributed by atoms with Crippen LogP contribution in [0.3, 0.4) is 0 Å². The molecule has 6 heteroatoms. The number of benzene rings is 2. The van der Waals surface area contributed by atoms with E-state index in [2.05, 4.69) is 23.1 Å². The molecule has 0 amide bonds. The van der Waals surface area contributed by atoms with Crippen molar-refractivity contribution in [2.24, 2.45) is 0 Å². The van der Waals surface area contributed by atoms with E-state index in [1.165, 1.54) is 22.3 Å². The molecular weight excluding hydrogens is 346 g/mol. The van der Waals surface area contributed by atoms with Crippen LogP contribution in [0.5, 0.6) is 23.0 Å². The van der Waals surface area contributed by atoms with Gasteiger partial charge in [0.15, 0.2) is 23.0 Å². The Labute approximate surface area is 159 Å². The van der Waals surface area contributed by atoms with E-state index in [1.54, 1.807) is 28.4 Å². The Morgan fingerprint density at radius 1 is 0.852 bits per heavy atom. The Hall–Kier alpha value is -2.44. The van der Waals surface area contributed by atoms with Crippen LogP contribution in [0.4, 0.5) is 0 Å². The summed E-state index contributed by atoms with van der Waals surface area (Å²) in [5, 5.41) is 0. The molecule has 0 aromatic heterocycles. The van der Waals surface area contributed by atoms with Crippen molar-refractivity contribution < 1.29 is 24.4 Å². The molecule has 2 aromatic carbocycles. The quantitative estimate of drug-likeness (QED) is 0.824. The van der Waals surface area contributed by atoms with Gasteiger partial charge in [-0.2, -0.15) is 0 Å². The summed E-state index contributed by atoms with van der Waals surface area (Å²) in [6, 6.07) is 8.81. The van der Waals surface area contributed by atoms with Gasteiger partial charge in [-0.15, -0.1) is 0 Å². The van der Waals surface area contributed by atoms with Gasteiger partial charge in [-0.25, -0.2) is 0 Å². The molecular formula is C21H27NO5. The van der Waals surface area contributed by atoms with Crippen LogP contribution < -0.4 is 18.9 Å². The SMILES string of the molecule is COc1cc2c(cc1OC)[C@@H]1Cc3ccc(OC)c(OC)c3CN1CC2.O. The highest BCUT2D eigenvalue weighted by molar-refractivity contribution is 5.54. The first-order chi connectivity index (χ1) is 12.7. The summed E-state index contributed by atoms with van der Waals surface area (Å²) in [5.41, 5.74) is 5.26. The second-order valence-corrected chi connectivity index (χ2v) is 6.79. The van der Waals surface area contributed by atoms with Gasteiger partial charge < -0.3 is 24.4 Å². The predicted molar refractivity (Wildman–Crippen MR) is 103 cm³/mol. The van der Waals surface area contributed by atoms with Gasteiger partial charge in [-0.3, -0.25) is 4.90 Å². The third-order valence-electron chi connectivity index (χ3n) is 5.63. The van der Waals surface area contributed by atoms with Gasteiger partial charge in [0.05, 0.1) is 28.4 Å². The molecule has 2 heterocycles. The highest BCUT2D eigenvalue weighted by Gasteiger charge is 2.34. The third-order valence-corrected chi connectivity index (χ3v) is 5.63. The van der Waals surface area contributed by atoms with Gasteiger partial charge in [0, 0.05) is 24.7 Å². The lowest BCUT2D eigenvalue weighted by atomic mass is 9.83. The summed E-state index contributed by atoms with van der Waals surface area (Å²) in [6.07, 6.45) is 1.96. The number of hydrogen-bond donors (Lipinski definition) is 0. The lowest BCUT2D eigenvalue weighted by Gasteiger charge is -2.42. The summed E-state index contributed by atoms with van der Waals surface area (Å²) >= 11 is 0. The number of fused-ring (bicyclic) bond motifs is 4. The van der Waals surface area contributed by atoms with Crippen LogP contribution in [0.25, 0.3) is 0 Å². The maximum atomic E-state index is 5.66. The summed E-state index contributed by atoms with van der Waals surface area (Å²) in [6.45, 7) is 1.89. The molecule has 2 aliphatic rings. The van der Waals surface area contributed by atoms with Crippen molar-refractivity contribution in [2.75, 3.05) is 35.0 Å². The van der Waals surface area contributed by atoms with E-state index in [4.69, 9.17) is 18.9 Å². The van der Waals surface area contributed by atoms with Crippen molar-refractivity contribution in [3.05, 3.63) is 46.5 Å². The molecule has 0 fully saturated rings. The molecule has 146 valence electrons. The van der Waals surface area contributed by atoms with Gasteiger partial charge in [0.1, 0.15) is 0 Å². The Balaban J connectivity index is 0.00000210. The van der Waals surface area contributed by atoms with Crippen LogP contribution in [0.1, 0.15) is 28.3 Å². The van der Waals surface area contributed by atoms with Gasteiger partial charge in [-0.05, 0) is 47.7 Å². The van der Waals surface area contributed by atoms with Crippen molar-refractivity contribution in [2.45, 2.75) is 25.4 Å². The molecule has 0 unspecified atom stereocenters. The molecule has 0 radical (unpaired) electrons. The van der Waals surface area contributed by atoms with Gasteiger partial charge in [0.2, 0.25) is 0 Å². The number of hydrogen-bond acceptors (Lipinski definition) is 5. The lowest BCUT2D eigenvalue weighted by Crippen LogP contribution is -2.39. The topological polar surface area (TPSA) is 71.7 Å². The maximum absolute atomic E-state index is 5.66. The summed E-state index contributed by atoms with van der Waals surface area (Å²) in [5.74, 6) is 3.27. The molecule has 0 aliphatic carbocycles. The Kier molecular flexibility index (Phi) is 5.48. The molecule has 1 atom stereocenters. The average Bonchev–Trinajstić information content (AvgIpc) is 2.70. The number of ether oxygens (including phenoxy) is 4. The van der Waals surface area contributed by atoms with E-state index >= 15 is 0 Å². The first-order valence-corrected chi connectivity index (χ1v) is 8.91. The van der Waals surface area contributed by atoms with Crippen LogP contribution in [0.2, 0.25) is 0 Å². The minimum atomic E-state index is 0. The fourth-order valence-corrected chi connectivity index (χ4v) is 4.32. The molecule has 0 saturated carbocycles. The molecule has 2 aromatic rings. The van der Waals surface area contributed by atoms with Crippen molar-refractivity contribution in [3.8, 4) is 23.0 Å². The minimum Gasteiger partial charge on any atom is -0.493 e. The summed E-state index contributed by atoms with van der Waals surface area (Å²) < 4.78 is 22.2. The third kappa shape index (κ3) is 3.09. The Morgan fingerprint density at radius 2 is 1.56 bits per heavy atom. The highest BCUT2D eigenvalue weighted by Crippen LogP contribution is 2.45. The zero-order valence-electron chi connectivity index (χ0n) is 16.3. The van der Waals surface area contributed by atoms with Crippen LogP contribution in [0.15, 0.2) is 24.3 Å². The van der Waals surface area contributed by atoms with E-state index in [0.717, 1.165) is 48.9 Å². The van der Waals surface area contributed by atoms with E-state index in [1.807, 2.05) is 6.07 Å². The summed E-state index contributed by atoms with van der Waals surface area (Å²) in [4.78, 5) is 2.53. The fourth-order valence-electron chi connectivity index (χ4n) is 4.32. The van der Waals surface area contributed by atoms with E-state index in [-0.39, 0.29) is 5.48 Å². The number of methoxy groups -OCH3 is 4. The van der Waals surface area contributed by atoms with Gasteiger partial charge in [0.25, 0.3) is 0 Å². The van der Waals surface area contributed by atoms with Gasteiger partial charge >= 0.3 is 0 Å². The van der Waals surface area contributed by atoms with Crippen molar-refractivity contribution >= 4 is 0 Å². The van der Waals surface area contributed by atoms with Crippen LogP contribution in [0, 0.1) is 0 Å². The predicted octanol–water partition coefficient (Wildman–Crippen LogP) is 2.55. The Morgan fingerprint density at radius 3 is 2.22 bits per heavy atom. The Bertz CT molecular complexity index is 836. The molecule has 27 heavy (non-hydrogen) atoms. The molecule has 0 spiro atoms. The summed E-state index contributed by atoms with van der Waals surface area (Å²) in [7, 11) is 6.79. The molecule has 0 bridgehead atoms. The zero-order chi connectivity index (χ0) is 18.3. The molecule has 4 rings (SSSR count). The number of rotatable bonds is 4. The van der Waals surface area contributed by atoms with E-state index < -0.39 is 0 Å². The zero-order valence-corrected chi connectivity index (χ0v) is 16.3. The second-order valence-electron chi connectivity index (χ2n) is 6.79. The molecule has 0 saturated heterocycles. The van der Waals surface area contributed by atoms with Crippen molar-refractivity contribution in [3.63, 3.8) is 0 Å². The molecule has 2 aliphatic heterocycles. The highest BCUT2D eigenvalue weighted by atomic mass is 16.5. The first kappa shape index (κ1) is 19.3. The van der Waals surface area contributed by atoms with Crippen molar-refractivity contribution in [1.82, 2.24) is 4.90 Å². The lowest BCUT2D eigenvalue weighted by molar-refractivity contribution is 0.157. The van der Waals surface area contributed by atoms with E-state index in [0.29, 0.717) is 6.04 Å². The van der Waals surface area contributed by atoms with Crippen LogP contribution in [-0.2, 0) is 19.4 Å². The second kappa shape index (κ2) is 7.66. The normalized spacial score (nSPS) is 17.7. The van der Waals surface area contributed by atoms with Crippen molar-refractivity contribution in [1.29, 1.82) is 0 Å². The standard InChI is InChI=1S/C21H25NO4.H2O/c1-23-18-6-5-13-9-17-15-11-20(25-3)19(24-2)10-14(15)7-8-22(17)12-16(13)21(18)26-4;/h5-6,10-11,17H,7-9,12H2,1-4H3;1H2/t17-;/m0./s1. The van der Waals surface area contributed by atoms with E-state index in [9.17, 15) is 0 Å². The first-order valence-electron chi connectivity index (χ1n) is 8.91. The molecule has 2 N–H and O–H groups in total. The average molecular weight is 373 g/mol. The maximum Gasteiger partial charge on any atom is 0.165 e. The number of nitrogens with zero attached hydrogens (tertiary/aromatic N) is 1. The molecule has 6 nitrogen and oxygen atoms in total. The smallest absolute Gasteiger partial charge is 0.165 e.